The van der Waals surface area contributed by atoms with Gasteiger partial charge in [-0.1, -0.05) is 43.7 Å². The predicted molar refractivity (Wildman–Crippen MR) is 98.6 cm³/mol. The van der Waals surface area contributed by atoms with Crippen molar-refractivity contribution in [1.29, 1.82) is 0 Å². The molecule has 0 saturated heterocycles. The van der Waals surface area contributed by atoms with Crippen molar-refractivity contribution in [3.8, 4) is 0 Å². The van der Waals surface area contributed by atoms with Gasteiger partial charge in [-0.05, 0) is 37.0 Å². The number of aryl methyl sites for hydroxylation is 1. The number of nitrogens with zero attached hydrogens (tertiary/aromatic N) is 1. The monoisotopic (exact) mass is 339 g/mol. The summed E-state index contributed by atoms with van der Waals surface area (Å²) in [5, 5.41) is 5.69. The Morgan fingerprint density at radius 1 is 0.960 bits per heavy atom. The van der Waals surface area contributed by atoms with Crippen LogP contribution in [0.2, 0.25) is 0 Å². The number of nitrogens with one attached hydrogen (secondary N) is 2. The van der Waals surface area contributed by atoms with Gasteiger partial charge < -0.3 is 10.6 Å². The van der Waals surface area contributed by atoms with Gasteiger partial charge in [0.25, 0.3) is 11.8 Å². The maximum absolute atomic E-state index is 12.2. The smallest absolute Gasteiger partial charge is 0.269 e. The summed E-state index contributed by atoms with van der Waals surface area (Å²) >= 11 is 0. The second-order valence-corrected chi connectivity index (χ2v) is 5.88. The maximum Gasteiger partial charge on any atom is 0.269 e. The highest BCUT2D eigenvalue weighted by Crippen LogP contribution is 2.04. The Labute approximate surface area is 148 Å². The third-order valence-electron chi connectivity index (χ3n) is 3.84. The number of pyridine rings is 1. The molecule has 25 heavy (non-hydrogen) atoms. The van der Waals surface area contributed by atoms with Gasteiger partial charge in [0.1, 0.15) is 5.69 Å². The van der Waals surface area contributed by atoms with Crippen LogP contribution >= 0.6 is 0 Å². The molecule has 0 aliphatic rings. The summed E-state index contributed by atoms with van der Waals surface area (Å²) in [7, 11) is 0. The first-order chi connectivity index (χ1) is 12.2. The van der Waals surface area contributed by atoms with Crippen molar-refractivity contribution in [2.75, 3.05) is 13.1 Å². The van der Waals surface area contributed by atoms with Crippen molar-refractivity contribution in [2.24, 2.45) is 0 Å². The highest BCUT2D eigenvalue weighted by molar-refractivity contribution is 5.98. The average molecular weight is 339 g/mol. The van der Waals surface area contributed by atoms with Gasteiger partial charge >= 0.3 is 0 Å². The third kappa shape index (κ3) is 6.37. The molecule has 0 radical (unpaired) electrons. The quantitative estimate of drug-likeness (QED) is 0.690. The number of aromatic nitrogens is 1. The van der Waals surface area contributed by atoms with Gasteiger partial charge in [0.2, 0.25) is 0 Å². The lowest BCUT2D eigenvalue weighted by Crippen LogP contribution is -2.27. The summed E-state index contributed by atoms with van der Waals surface area (Å²) in [5.41, 5.74) is 1.98. The first-order valence-corrected chi connectivity index (χ1v) is 8.77. The van der Waals surface area contributed by atoms with Crippen molar-refractivity contribution in [3.05, 3.63) is 65.5 Å². The van der Waals surface area contributed by atoms with Crippen molar-refractivity contribution >= 4 is 11.8 Å². The Hall–Kier alpha value is -2.69. The number of carbonyl (C=O) groups is 2. The summed E-state index contributed by atoms with van der Waals surface area (Å²) in [4.78, 5) is 28.3. The molecule has 0 fully saturated rings. The highest BCUT2D eigenvalue weighted by Gasteiger charge is 2.11. The zero-order valence-electron chi connectivity index (χ0n) is 14.6. The molecule has 2 aromatic rings. The van der Waals surface area contributed by atoms with Crippen LogP contribution in [0.25, 0.3) is 0 Å². The van der Waals surface area contributed by atoms with Crippen molar-refractivity contribution in [2.45, 2.75) is 32.6 Å². The van der Waals surface area contributed by atoms with Gasteiger partial charge in [0.05, 0.1) is 0 Å². The van der Waals surface area contributed by atoms with E-state index in [2.05, 4.69) is 34.7 Å². The zero-order chi connectivity index (χ0) is 17.9. The Bertz CT molecular complexity index is 686. The molecule has 0 bridgehead atoms. The zero-order valence-corrected chi connectivity index (χ0v) is 14.6. The van der Waals surface area contributed by atoms with Crippen LogP contribution in [0.5, 0.6) is 0 Å². The SMILES string of the molecule is CCCCNC(=O)c1cc(C(=O)NCCCc2ccccc2)ccn1. The molecule has 2 amide bonds. The number of benzene rings is 1. The minimum Gasteiger partial charge on any atom is -0.352 e. The van der Waals surface area contributed by atoms with Crippen molar-refractivity contribution in [3.63, 3.8) is 0 Å². The summed E-state index contributed by atoms with van der Waals surface area (Å²) in [5.74, 6) is -0.426. The number of amides is 2. The van der Waals surface area contributed by atoms with E-state index in [1.54, 1.807) is 6.07 Å². The van der Waals surface area contributed by atoms with Gasteiger partial charge in [0.15, 0.2) is 0 Å². The van der Waals surface area contributed by atoms with Crippen LogP contribution in [0, 0.1) is 0 Å². The number of hydrogen-bond donors (Lipinski definition) is 2. The lowest BCUT2D eigenvalue weighted by molar-refractivity contribution is 0.0948. The van der Waals surface area contributed by atoms with Crippen LogP contribution in [0.4, 0.5) is 0 Å². The normalized spacial score (nSPS) is 10.3. The maximum atomic E-state index is 12.2. The molecule has 2 rings (SSSR count). The Morgan fingerprint density at radius 2 is 1.68 bits per heavy atom. The van der Waals surface area contributed by atoms with Crippen LogP contribution in [-0.4, -0.2) is 29.9 Å². The third-order valence-corrected chi connectivity index (χ3v) is 3.84. The highest BCUT2D eigenvalue weighted by atomic mass is 16.2. The summed E-state index contributed by atoms with van der Waals surface area (Å²) in [6, 6.07) is 13.3. The fraction of sp³-hybridized carbons (Fsp3) is 0.350. The summed E-state index contributed by atoms with van der Waals surface area (Å²) in [6.45, 7) is 3.27. The van der Waals surface area contributed by atoms with Crippen LogP contribution in [-0.2, 0) is 6.42 Å². The van der Waals surface area contributed by atoms with Crippen LogP contribution in [0.15, 0.2) is 48.7 Å². The van der Waals surface area contributed by atoms with E-state index in [4.69, 9.17) is 0 Å². The molecule has 0 aliphatic carbocycles. The second-order valence-electron chi connectivity index (χ2n) is 5.88. The predicted octanol–water partition coefficient (Wildman–Crippen LogP) is 2.97. The van der Waals surface area contributed by atoms with Crippen LogP contribution in [0.3, 0.4) is 0 Å². The molecule has 0 unspecified atom stereocenters. The van der Waals surface area contributed by atoms with Crippen molar-refractivity contribution in [1.82, 2.24) is 15.6 Å². The summed E-state index contributed by atoms with van der Waals surface area (Å²) < 4.78 is 0. The summed E-state index contributed by atoms with van der Waals surface area (Å²) in [6.07, 6.45) is 5.22. The standard InChI is InChI=1S/C20H25N3O2/c1-2-3-12-23-20(25)18-15-17(11-14-21-18)19(24)22-13-7-10-16-8-5-4-6-9-16/h4-6,8-9,11,14-15H,2-3,7,10,12-13H2,1H3,(H,22,24)(H,23,25). The Balaban J connectivity index is 1.81. The van der Waals surface area contributed by atoms with Crippen molar-refractivity contribution < 1.29 is 9.59 Å². The van der Waals surface area contributed by atoms with Crippen LogP contribution in [0.1, 0.15) is 52.6 Å². The van der Waals surface area contributed by atoms with E-state index < -0.39 is 0 Å². The van der Waals surface area contributed by atoms with E-state index in [1.807, 2.05) is 18.2 Å². The first-order valence-electron chi connectivity index (χ1n) is 8.77. The lowest BCUT2D eigenvalue weighted by Gasteiger charge is -2.07. The first kappa shape index (κ1) is 18.6. The van der Waals surface area contributed by atoms with E-state index >= 15 is 0 Å². The fourth-order valence-electron chi connectivity index (χ4n) is 2.41. The molecule has 1 aromatic heterocycles. The molecule has 0 aliphatic heterocycles. The molecular formula is C20H25N3O2. The van der Waals surface area contributed by atoms with E-state index in [0.717, 1.165) is 25.7 Å². The Kier molecular flexibility index (Phi) is 7.63. The topological polar surface area (TPSA) is 71.1 Å². The number of hydrogen-bond acceptors (Lipinski definition) is 3. The molecule has 0 saturated carbocycles. The van der Waals surface area contributed by atoms with Gasteiger partial charge in [0, 0.05) is 24.8 Å². The second kappa shape index (κ2) is 10.2. The number of carbonyl (C=O) groups excluding carboxylic acids is 2. The largest absolute Gasteiger partial charge is 0.352 e. The van der Waals surface area contributed by atoms with Gasteiger partial charge in [-0.25, -0.2) is 0 Å². The molecule has 1 aromatic carbocycles. The molecule has 132 valence electrons. The average Bonchev–Trinajstić information content (AvgIpc) is 2.66. The molecular weight excluding hydrogens is 314 g/mol. The van der Waals surface area contributed by atoms with E-state index in [0.29, 0.717) is 18.7 Å². The number of unbranched alkanes of at least 4 members (excludes halogenated alkanes) is 1. The molecule has 0 atom stereocenters. The van der Waals surface area contributed by atoms with Gasteiger partial charge in [-0.3, -0.25) is 14.6 Å². The Morgan fingerprint density at radius 3 is 2.44 bits per heavy atom. The van der Waals surface area contributed by atoms with E-state index in [1.165, 1.54) is 17.8 Å². The molecule has 1 heterocycles. The molecule has 2 N–H and O–H groups in total. The van der Waals surface area contributed by atoms with E-state index in [9.17, 15) is 9.59 Å². The number of rotatable bonds is 9. The molecule has 5 heteroatoms. The minimum atomic E-state index is -0.243. The molecule has 0 spiro atoms. The minimum absolute atomic E-state index is 0.182. The molecule has 5 nitrogen and oxygen atoms in total. The fourth-order valence-corrected chi connectivity index (χ4v) is 2.41. The van der Waals surface area contributed by atoms with E-state index in [-0.39, 0.29) is 17.5 Å². The van der Waals surface area contributed by atoms with Gasteiger partial charge in [-0.15, -0.1) is 0 Å². The van der Waals surface area contributed by atoms with Gasteiger partial charge in [-0.2, -0.15) is 0 Å². The van der Waals surface area contributed by atoms with Crippen LogP contribution < -0.4 is 10.6 Å². The lowest BCUT2D eigenvalue weighted by atomic mass is 10.1.